The SMILES string of the molecule is O=C(c1ccco1)N1CCC2OCCCC2(COCc2cccnc2)C1. The lowest BCUT2D eigenvalue weighted by molar-refractivity contribution is -0.149. The van der Waals surface area contributed by atoms with Crippen LogP contribution in [0.2, 0.25) is 0 Å². The lowest BCUT2D eigenvalue weighted by Gasteiger charge is -2.50. The Morgan fingerprint density at radius 2 is 2.35 bits per heavy atom. The lowest BCUT2D eigenvalue weighted by atomic mass is 9.73. The number of rotatable bonds is 5. The fourth-order valence-electron chi connectivity index (χ4n) is 4.09. The molecular weight excluding hydrogens is 332 g/mol. The molecule has 0 radical (unpaired) electrons. The van der Waals surface area contributed by atoms with E-state index in [1.807, 2.05) is 23.2 Å². The Kier molecular flexibility index (Phi) is 5.04. The summed E-state index contributed by atoms with van der Waals surface area (Å²) in [6.45, 7) is 3.23. The maximum atomic E-state index is 12.7. The van der Waals surface area contributed by atoms with Gasteiger partial charge in [0.05, 0.1) is 25.6 Å². The third kappa shape index (κ3) is 3.52. The largest absolute Gasteiger partial charge is 0.459 e. The highest BCUT2D eigenvalue weighted by molar-refractivity contribution is 5.91. The fourth-order valence-corrected chi connectivity index (χ4v) is 4.09. The van der Waals surface area contributed by atoms with Gasteiger partial charge in [-0.15, -0.1) is 0 Å². The van der Waals surface area contributed by atoms with Crippen molar-refractivity contribution < 1.29 is 18.7 Å². The lowest BCUT2D eigenvalue weighted by Crippen LogP contribution is -2.58. The van der Waals surface area contributed by atoms with E-state index in [4.69, 9.17) is 13.9 Å². The number of aromatic nitrogens is 1. The molecule has 0 saturated carbocycles. The Hall–Kier alpha value is -2.18. The number of piperidine rings is 1. The van der Waals surface area contributed by atoms with Crippen LogP contribution in [0.25, 0.3) is 0 Å². The molecule has 0 bridgehead atoms. The molecule has 138 valence electrons. The molecule has 2 aliphatic rings. The third-order valence-electron chi connectivity index (χ3n) is 5.39. The van der Waals surface area contributed by atoms with E-state index in [1.165, 1.54) is 6.26 Å². The van der Waals surface area contributed by atoms with Crippen molar-refractivity contribution in [3.05, 3.63) is 54.2 Å². The molecule has 1 amide bonds. The van der Waals surface area contributed by atoms with Gasteiger partial charge in [-0.3, -0.25) is 9.78 Å². The van der Waals surface area contributed by atoms with Gasteiger partial charge in [0.25, 0.3) is 5.91 Å². The Balaban J connectivity index is 1.45. The number of hydrogen-bond donors (Lipinski definition) is 0. The zero-order valence-electron chi connectivity index (χ0n) is 14.8. The van der Waals surface area contributed by atoms with E-state index in [0.717, 1.165) is 31.4 Å². The summed E-state index contributed by atoms with van der Waals surface area (Å²) in [4.78, 5) is 18.7. The summed E-state index contributed by atoms with van der Waals surface area (Å²) in [5.74, 6) is 0.345. The number of pyridine rings is 1. The van der Waals surface area contributed by atoms with Crippen LogP contribution in [-0.2, 0) is 16.1 Å². The zero-order valence-corrected chi connectivity index (χ0v) is 14.8. The van der Waals surface area contributed by atoms with Crippen LogP contribution >= 0.6 is 0 Å². The first-order valence-electron chi connectivity index (χ1n) is 9.18. The summed E-state index contributed by atoms with van der Waals surface area (Å²) in [5, 5.41) is 0. The second-order valence-electron chi connectivity index (χ2n) is 7.17. The highest BCUT2D eigenvalue weighted by atomic mass is 16.5. The van der Waals surface area contributed by atoms with Crippen molar-refractivity contribution in [2.24, 2.45) is 5.41 Å². The fraction of sp³-hybridized carbons (Fsp3) is 0.500. The monoisotopic (exact) mass is 356 g/mol. The van der Waals surface area contributed by atoms with Crippen LogP contribution < -0.4 is 0 Å². The Morgan fingerprint density at radius 3 is 3.15 bits per heavy atom. The molecule has 4 rings (SSSR count). The standard InChI is InChI=1S/C20H24N2O4/c23-19(17-5-2-10-25-17)22-9-6-18-20(14-22,7-3-11-26-18)15-24-13-16-4-1-8-21-12-16/h1-2,4-5,8,10,12,18H,3,6-7,9,11,13-15H2. The molecule has 6 nitrogen and oxygen atoms in total. The molecule has 0 N–H and O–H groups in total. The van der Waals surface area contributed by atoms with Crippen molar-refractivity contribution in [3.63, 3.8) is 0 Å². The first-order valence-corrected chi connectivity index (χ1v) is 9.18. The van der Waals surface area contributed by atoms with Gasteiger partial charge in [-0.2, -0.15) is 0 Å². The van der Waals surface area contributed by atoms with Crippen LogP contribution in [0.4, 0.5) is 0 Å². The van der Waals surface area contributed by atoms with Crippen molar-refractivity contribution in [1.82, 2.24) is 9.88 Å². The minimum Gasteiger partial charge on any atom is -0.459 e. The zero-order chi connectivity index (χ0) is 17.8. The molecule has 2 atom stereocenters. The van der Waals surface area contributed by atoms with E-state index in [1.54, 1.807) is 18.3 Å². The number of nitrogens with zero attached hydrogens (tertiary/aromatic N) is 2. The summed E-state index contributed by atoms with van der Waals surface area (Å²) in [7, 11) is 0. The van der Waals surface area contributed by atoms with Crippen molar-refractivity contribution in [2.75, 3.05) is 26.3 Å². The van der Waals surface area contributed by atoms with Crippen LogP contribution in [0.5, 0.6) is 0 Å². The molecule has 2 unspecified atom stereocenters. The summed E-state index contributed by atoms with van der Waals surface area (Å²) in [6.07, 6.45) is 8.10. The molecule has 2 aliphatic heterocycles. The predicted octanol–water partition coefficient (Wildman–Crippen LogP) is 2.90. The summed E-state index contributed by atoms with van der Waals surface area (Å²) in [5.41, 5.74) is 0.900. The van der Waals surface area contributed by atoms with Crippen LogP contribution in [-0.4, -0.2) is 48.2 Å². The highest BCUT2D eigenvalue weighted by Crippen LogP contribution is 2.41. The first kappa shape index (κ1) is 17.2. The molecule has 2 aromatic rings. The molecule has 0 aromatic carbocycles. The molecular formula is C20H24N2O4. The normalized spacial score (nSPS) is 25.7. The molecule has 6 heteroatoms. The van der Waals surface area contributed by atoms with Gasteiger partial charge >= 0.3 is 0 Å². The topological polar surface area (TPSA) is 64.8 Å². The van der Waals surface area contributed by atoms with Gasteiger partial charge in [0, 0.05) is 37.5 Å². The first-order chi connectivity index (χ1) is 12.8. The van der Waals surface area contributed by atoms with Gasteiger partial charge in [0.2, 0.25) is 0 Å². The predicted molar refractivity (Wildman–Crippen MR) is 94.5 cm³/mol. The Bertz CT molecular complexity index is 719. The van der Waals surface area contributed by atoms with Crippen molar-refractivity contribution >= 4 is 5.91 Å². The summed E-state index contributed by atoms with van der Waals surface area (Å²) >= 11 is 0. The van der Waals surface area contributed by atoms with E-state index in [0.29, 0.717) is 32.1 Å². The van der Waals surface area contributed by atoms with Crippen molar-refractivity contribution in [3.8, 4) is 0 Å². The maximum absolute atomic E-state index is 12.7. The van der Waals surface area contributed by atoms with Crippen LogP contribution in [0, 0.1) is 5.41 Å². The number of ether oxygens (including phenoxy) is 2. The molecule has 2 aromatic heterocycles. The van der Waals surface area contributed by atoms with E-state index in [9.17, 15) is 4.79 Å². The van der Waals surface area contributed by atoms with E-state index >= 15 is 0 Å². The minimum absolute atomic E-state index is 0.0503. The number of furan rings is 1. The van der Waals surface area contributed by atoms with E-state index < -0.39 is 0 Å². The average molecular weight is 356 g/mol. The van der Waals surface area contributed by atoms with Gasteiger partial charge in [0.1, 0.15) is 0 Å². The van der Waals surface area contributed by atoms with Gasteiger partial charge in [-0.25, -0.2) is 0 Å². The number of amides is 1. The van der Waals surface area contributed by atoms with Crippen molar-refractivity contribution in [2.45, 2.75) is 32.0 Å². The van der Waals surface area contributed by atoms with Crippen LogP contribution in [0.1, 0.15) is 35.4 Å². The number of fused-ring (bicyclic) bond motifs is 1. The van der Waals surface area contributed by atoms with Gasteiger partial charge in [0.15, 0.2) is 5.76 Å². The molecule has 2 saturated heterocycles. The molecule has 0 aliphatic carbocycles. The van der Waals surface area contributed by atoms with Gasteiger partial charge in [-0.05, 0) is 43.0 Å². The molecule has 2 fully saturated rings. The maximum Gasteiger partial charge on any atom is 0.289 e. The van der Waals surface area contributed by atoms with Gasteiger partial charge < -0.3 is 18.8 Å². The van der Waals surface area contributed by atoms with E-state index in [-0.39, 0.29) is 17.4 Å². The average Bonchev–Trinajstić information content (AvgIpc) is 3.22. The third-order valence-corrected chi connectivity index (χ3v) is 5.39. The van der Waals surface area contributed by atoms with Crippen LogP contribution in [0.15, 0.2) is 47.3 Å². The summed E-state index contributed by atoms with van der Waals surface area (Å²) < 4.78 is 17.4. The second-order valence-corrected chi connectivity index (χ2v) is 7.17. The quantitative estimate of drug-likeness (QED) is 0.824. The number of likely N-dealkylation sites (tertiary alicyclic amines) is 1. The minimum atomic E-state index is -0.152. The molecule has 0 spiro atoms. The highest BCUT2D eigenvalue weighted by Gasteiger charge is 2.47. The second kappa shape index (κ2) is 7.60. The van der Waals surface area contributed by atoms with E-state index in [2.05, 4.69) is 4.98 Å². The smallest absolute Gasteiger partial charge is 0.289 e. The number of carbonyl (C=O) groups is 1. The number of hydrogen-bond acceptors (Lipinski definition) is 5. The number of carbonyl (C=O) groups excluding carboxylic acids is 1. The molecule has 26 heavy (non-hydrogen) atoms. The van der Waals surface area contributed by atoms with Crippen LogP contribution in [0.3, 0.4) is 0 Å². The van der Waals surface area contributed by atoms with Gasteiger partial charge in [-0.1, -0.05) is 6.07 Å². The summed E-state index contributed by atoms with van der Waals surface area (Å²) in [6, 6.07) is 7.38. The Morgan fingerprint density at radius 1 is 1.38 bits per heavy atom. The van der Waals surface area contributed by atoms with Crippen molar-refractivity contribution in [1.29, 1.82) is 0 Å². The Labute approximate surface area is 153 Å². The molecule has 4 heterocycles.